The molecule has 1 aliphatic heterocycles. The van der Waals surface area contributed by atoms with Crippen molar-refractivity contribution in [3.63, 3.8) is 0 Å². The van der Waals surface area contributed by atoms with E-state index in [4.69, 9.17) is 12.2 Å². The number of alkyl halides is 3. The standard InChI is InChI=1S/C19H12F3N5OS2/c1-10-13(19(20,21)22)3-2-4-14(10)27-17(28)15(30-18(27)29)9-11-5-7-12(8-6-11)16-23-25-26-24-16/h2-9,28H,1H3. The Hall–Kier alpha value is -3.18. The van der Waals surface area contributed by atoms with Crippen LogP contribution in [0.15, 0.2) is 63.1 Å². The third-order valence-corrected chi connectivity index (χ3v) is 5.76. The second kappa shape index (κ2) is 7.58. The molecule has 152 valence electrons. The number of benzene rings is 2. The molecule has 1 aromatic heterocycles. The molecule has 0 radical (unpaired) electrons. The van der Waals surface area contributed by atoms with Crippen molar-refractivity contribution in [3.05, 3.63) is 72.9 Å². The highest BCUT2D eigenvalue weighted by Gasteiger charge is 2.33. The highest BCUT2D eigenvalue weighted by atomic mass is 32.1. The fourth-order valence-corrected chi connectivity index (χ4v) is 4.30. The van der Waals surface area contributed by atoms with Crippen LogP contribution in [-0.2, 0) is 6.18 Å². The Labute approximate surface area is 176 Å². The maximum Gasteiger partial charge on any atom is 0.416 e. The van der Waals surface area contributed by atoms with Crippen molar-refractivity contribution in [1.29, 1.82) is 0 Å². The highest BCUT2D eigenvalue weighted by molar-refractivity contribution is 7.73. The molecule has 6 nitrogen and oxygen atoms in total. The molecule has 3 aromatic rings. The Morgan fingerprint density at radius 3 is 2.37 bits per heavy atom. The topological polar surface area (TPSA) is 74.6 Å². The Morgan fingerprint density at radius 1 is 1.07 bits per heavy atom. The highest BCUT2D eigenvalue weighted by Crippen LogP contribution is 2.37. The van der Waals surface area contributed by atoms with Gasteiger partial charge in [-0.2, -0.15) is 13.2 Å². The summed E-state index contributed by atoms with van der Waals surface area (Å²) in [6, 6.07) is 10.9. The lowest BCUT2D eigenvalue weighted by atomic mass is 10.1. The van der Waals surface area contributed by atoms with Crippen molar-refractivity contribution in [2.75, 3.05) is 0 Å². The van der Waals surface area contributed by atoms with E-state index in [2.05, 4.69) is 20.7 Å². The lowest BCUT2D eigenvalue weighted by Crippen LogP contribution is -2.10. The maximum atomic E-state index is 13.3. The van der Waals surface area contributed by atoms with Crippen LogP contribution in [0.2, 0.25) is 0 Å². The average Bonchev–Trinajstić information content (AvgIpc) is 3.31. The molecule has 0 fully saturated rings. The first-order valence-electron chi connectivity index (χ1n) is 8.51. The monoisotopic (exact) mass is 447 g/mol. The van der Waals surface area contributed by atoms with E-state index in [1.54, 1.807) is 30.3 Å². The molecular formula is C19H12F3N5OS2. The number of aromatic nitrogens is 1. The molecular weight excluding hydrogens is 435 g/mol. The van der Waals surface area contributed by atoms with Crippen molar-refractivity contribution in [2.45, 2.75) is 13.1 Å². The van der Waals surface area contributed by atoms with Gasteiger partial charge in [-0.1, -0.05) is 30.3 Å². The van der Waals surface area contributed by atoms with Crippen LogP contribution < -0.4 is 10.4 Å². The molecule has 1 N–H and O–H groups in total. The van der Waals surface area contributed by atoms with Gasteiger partial charge in [0, 0.05) is 5.22 Å². The van der Waals surface area contributed by atoms with Crippen LogP contribution >= 0.6 is 23.6 Å². The molecule has 0 spiro atoms. The summed E-state index contributed by atoms with van der Waals surface area (Å²) in [5.41, 5.74) is -0.596. The van der Waals surface area contributed by atoms with Crippen LogP contribution in [0.4, 0.5) is 13.2 Å². The predicted molar refractivity (Wildman–Crippen MR) is 108 cm³/mol. The minimum Gasteiger partial charge on any atom is -0.493 e. The van der Waals surface area contributed by atoms with Gasteiger partial charge in [0.25, 0.3) is 0 Å². The van der Waals surface area contributed by atoms with Gasteiger partial charge < -0.3 is 5.11 Å². The fraction of sp³-hybridized carbons (Fsp3) is 0.105. The van der Waals surface area contributed by atoms with Crippen molar-refractivity contribution < 1.29 is 18.3 Å². The van der Waals surface area contributed by atoms with Gasteiger partial charge in [-0.05, 0) is 58.6 Å². The number of hydrogen-bond donors (Lipinski definition) is 1. The summed E-state index contributed by atoms with van der Waals surface area (Å²) in [6.45, 7) is 1.36. The summed E-state index contributed by atoms with van der Waals surface area (Å²) in [4.78, 5) is 0.428. The lowest BCUT2D eigenvalue weighted by molar-refractivity contribution is -0.138. The summed E-state index contributed by atoms with van der Waals surface area (Å²) in [5, 5.41) is 26.6. The van der Waals surface area contributed by atoms with Crippen LogP contribution in [-0.4, -0.2) is 9.67 Å². The molecule has 2 aromatic carbocycles. The van der Waals surface area contributed by atoms with E-state index in [1.165, 1.54) is 23.6 Å². The van der Waals surface area contributed by atoms with Crippen molar-refractivity contribution in [1.82, 2.24) is 4.57 Å². The van der Waals surface area contributed by atoms with Gasteiger partial charge in [-0.3, -0.25) is 4.57 Å². The molecule has 0 saturated carbocycles. The number of rotatable bonds is 2. The SMILES string of the molecule is Cc1c(-n2c(O)c(C=c3ccc(=C4N=NN=N4)cc3)sc2=S)cccc1C(F)(F)F. The molecule has 0 amide bonds. The number of aromatic hydroxyl groups is 1. The normalized spacial score (nSPS) is 13.3. The maximum absolute atomic E-state index is 13.3. The Morgan fingerprint density at radius 2 is 1.73 bits per heavy atom. The van der Waals surface area contributed by atoms with Crippen molar-refractivity contribution in [3.8, 4) is 11.6 Å². The Balaban J connectivity index is 1.80. The summed E-state index contributed by atoms with van der Waals surface area (Å²) in [7, 11) is 0. The van der Waals surface area contributed by atoms with E-state index < -0.39 is 11.7 Å². The van der Waals surface area contributed by atoms with Crippen molar-refractivity contribution in [2.24, 2.45) is 20.7 Å². The fourth-order valence-electron chi connectivity index (χ4n) is 3.00. The summed E-state index contributed by atoms with van der Waals surface area (Å²) >= 11 is 6.42. The number of hydrogen-bond acceptors (Lipinski definition) is 7. The van der Waals surface area contributed by atoms with E-state index in [0.717, 1.165) is 27.8 Å². The van der Waals surface area contributed by atoms with Crippen molar-refractivity contribution >= 4 is 35.5 Å². The zero-order valence-corrected chi connectivity index (χ0v) is 16.9. The molecule has 1 aliphatic rings. The van der Waals surface area contributed by atoms with E-state index in [0.29, 0.717) is 10.7 Å². The summed E-state index contributed by atoms with van der Waals surface area (Å²) < 4.78 is 41.3. The molecule has 11 heteroatoms. The summed E-state index contributed by atoms with van der Waals surface area (Å²) in [5.74, 6) is 0.176. The minimum absolute atomic E-state index is 0.0120. The van der Waals surface area contributed by atoms with Crippen LogP contribution in [0.25, 0.3) is 17.6 Å². The smallest absolute Gasteiger partial charge is 0.416 e. The molecule has 30 heavy (non-hydrogen) atoms. The van der Waals surface area contributed by atoms with Gasteiger partial charge in [0.2, 0.25) is 11.7 Å². The van der Waals surface area contributed by atoms with Crippen LogP contribution in [0.3, 0.4) is 0 Å². The third-order valence-electron chi connectivity index (χ3n) is 4.45. The third kappa shape index (κ3) is 3.68. The molecule has 4 rings (SSSR count). The predicted octanol–water partition coefficient (Wildman–Crippen LogP) is 5.03. The molecule has 0 atom stereocenters. The van der Waals surface area contributed by atoms with E-state index in [1.807, 2.05) is 0 Å². The van der Waals surface area contributed by atoms with Gasteiger partial charge in [0.1, 0.15) is 0 Å². The van der Waals surface area contributed by atoms with Gasteiger partial charge in [0.15, 0.2) is 3.95 Å². The van der Waals surface area contributed by atoms with Crippen LogP contribution in [0.1, 0.15) is 16.0 Å². The second-order valence-corrected chi connectivity index (χ2v) is 7.98. The molecule has 2 heterocycles. The average molecular weight is 447 g/mol. The Bertz CT molecular complexity index is 1350. The van der Waals surface area contributed by atoms with E-state index in [9.17, 15) is 18.3 Å². The first-order valence-corrected chi connectivity index (χ1v) is 9.74. The van der Waals surface area contributed by atoms with Gasteiger partial charge in [0.05, 0.1) is 16.1 Å². The number of halogens is 3. The molecule has 0 unspecified atom stereocenters. The number of nitrogens with zero attached hydrogens (tertiary/aromatic N) is 5. The lowest BCUT2D eigenvalue weighted by Gasteiger charge is -2.15. The minimum atomic E-state index is -4.50. The summed E-state index contributed by atoms with van der Waals surface area (Å²) in [6.07, 6.45) is -2.80. The first kappa shape index (κ1) is 20.1. The zero-order valence-electron chi connectivity index (χ0n) is 15.3. The molecule has 0 bridgehead atoms. The van der Waals surface area contributed by atoms with E-state index >= 15 is 0 Å². The first-order chi connectivity index (χ1) is 14.3. The van der Waals surface area contributed by atoms with Gasteiger partial charge >= 0.3 is 6.18 Å². The van der Waals surface area contributed by atoms with Gasteiger partial charge in [-0.15, -0.1) is 21.6 Å². The van der Waals surface area contributed by atoms with Crippen LogP contribution in [0, 0.1) is 10.9 Å². The second-order valence-electron chi connectivity index (χ2n) is 6.31. The van der Waals surface area contributed by atoms with E-state index in [-0.39, 0.29) is 21.1 Å². The number of thiazole rings is 1. The largest absolute Gasteiger partial charge is 0.493 e. The quantitative estimate of drug-likeness (QED) is 0.560. The van der Waals surface area contributed by atoms with Gasteiger partial charge in [-0.25, -0.2) is 0 Å². The Kier molecular flexibility index (Phi) is 5.08. The van der Waals surface area contributed by atoms with Crippen LogP contribution in [0.5, 0.6) is 5.88 Å². The molecule has 0 saturated heterocycles. The zero-order chi connectivity index (χ0) is 21.5. The molecule has 0 aliphatic carbocycles.